The largest absolute Gasteiger partial charge is 0.378 e. The van der Waals surface area contributed by atoms with E-state index in [-0.39, 0.29) is 11.6 Å². The first-order chi connectivity index (χ1) is 14.7. The number of aromatic nitrogens is 1. The summed E-state index contributed by atoms with van der Waals surface area (Å²) >= 11 is 1.77. The topological polar surface area (TPSA) is 57.7 Å². The number of hydrogen-bond acceptors (Lipinski definition) is 6. The molecule has 1 unspecified atom stereocenters. The Morgan fingerprint density at radius 2 is 2.10 bits per heavy atom. The number of hydrogen-bond donors (Lipinski definition) is 1. The minimum Gasteiger partial charge on any atom is -0.378 e. The number of carbonyl (C=O) groups is 1. The summed E-state index contributed by atoms with van der Waals surface area (Å²) in [6, 6.07) is 6.30. The third kappa shape index (κ3) is 5.77. The molecule has 8 heteroatoms. The molecule has 1 aromatic heterocycles. The first-order valence-electron chi connectivity index (χ1n) is 10.7. The Hall–Kier alpha value is -2.03. The number of morpholine rings is 1. The average molecular weight is 433 g/mol. The molecule has 2 saturated heterocycles. The van der Waals surface area contributed by atoms with Crippen molar-refractivity contribution in [3.63, 3.8) is 0 Å². The van der Waals surface area contributed by atoms with E-state index in [9.17, 15) is 9.18 Å². The molecule has 2 aliphatic heterocycles. The molecule has 1 aromatic carbocycles. The van der Waals surface area contributed by atoms with Crippen molar-refractivity contribution in [2.75, 3.05) is 49.6 Å². The number of para-hydroxylation sites is 1. The van der Waals surface area contributed by atoms with Crippen molar-refractivity contribution in [2.45, 2.75) is 32.2 Å². The summed E-state index contributed by atoms with van der Waals surface area (Å²) in [5, 5.41) is 3.78. The molecule has 0 saturated carbocycles. The van der Waals surface area contributed by atoms with Crippen LogP contribution in [0.1, 0.15) is 30.6 Å². The van der Waals surface area contributed by atoms with Gasteiger partial charge in [0.05, 0.1) is 18.9 Å². The van der Waals surface area contributed by atoms with Gasteiger partial charge in [0, 0.05) is 43.7 Å². The average Bonchev–Trinajstić information content (AvgIpc) is 3.23. The maximum Gasteiger partial charge on any atom is 0.224 e. The summed E-state index contributed by atoms with van der Waals surface area (Å²) in [5.41, 5.74) is 0.258. The molecule has 6 nitrogen and oxygen atoms in total. The van der Waals surface area contributed by atoms with E-state index < -0.39 is 5.82 Å². The van der Waals surface area contributed by atoms with Crippen molar-refractivity contribution in [3.05, 3.63) is 41.2 Å². The van der Waals surface area contributed by atoms with Gasteiger partial charge in [-0.15, -0.1) is 11.3 Å². The highest BCUT2D eigenvalue weighted by atomic mass is 32.1. The molecule has 2 aliphatic rings. The van der Waals surface area contributed by atoms with Crippen LogP contribution in [-0.2, 0) is 16.1 Å². The van der Waals surface area contributed by atoms with Crippen LogP contribution in [0.25, 0.3) is 0 Å². The Balaban J connectivity index is 1.23. The maximum absolute atomic E-state index is 13.7. The molecule has 0 spiro atoms. The van der Waals surface area contributed by atoms with Crippen LogP contribution in [0.3, 0.4) is 0 Å². The van der Waals surface area contributed by atoms with E-state index in [2.05, 4.69) is 20.1 Å². The van der Waals surface area contributed by atoms with E-state index in [4.69, 9.17) is 4.74 Å². The van der Waals surface area contributed by atoms with Crippen molar-refractivity contribution >= 4 is 28.1 Å². The Morgan fingerprint density at radius 3 is 2.93 bits per heavy atom. The number of thiazole rings is 1. The smallest absolute Gasteiger partial charge is 0.224 e. The fourth-order valence-corrected chi connectivity index (χ4v) is 5.14. The molecule has 3 heterocycles. The number of anilines is 2. The summed E-state index contributed by atoms with van der Waals surface area (Å²) in [6.07, 6.45) is 5.55. The molecular weight excluding hydrogens is 403 g/mol. The highest BCUT2D eigenvalue weighted by Crippen LogP contribution is 2.27. The minimum absolute atomic E-state index is 0.116. The number of rotatable bonds is 7. The Bertz CT molecular complexity index is 840. The van der Waals surface area contributed by atoms with E-state index in [0.717, 1.165) is 70.3 Å². The standard InChI is InChI=1S/C22H29FN4O2S/c23-19-5-1-2-6-20(19)25-21(28)8-7-17-4-3-9-26(15-17)16-18-14-24-22(30-18)27-10-12-29-13-11-27/h1-2,5-6,14,17H,3-4,7-13,15-16H2,(H,25,28). The highest BCUT2D eigenvalue weighted by Gasteiger charge is 2.22. The summed E-state index contributed by atoms with van der Waals surface area (Å²) in [4.78, 5) is 22.9. The normalized spacial score (nSPS) is 20.3. The van der Waals surface area contributed by atoms with Gasteiger partial charge in [-0.25, -0.2) is 9.37 Å². The molecule has 2 fully saturated rings. The Labute approximate surface area is 181 Å². The summed E-state index contributed by atoms with van der Waals surface area (Å²) in [7, 11) is 0. The third-order valence-corrected chi connectivity index (χ3v) is 6.78. The zero-order chi connectivity index (χ0) is 20.8. The van der Waals surface area contributed by atoms with Crippen LogP contribution >= 0.6 is 11.3 Å². The highest BCUT2D eigenvalue weighted by molar-refractivity contribution is 7.15. The molecule has 0 aliphatic carbocycles. The SMILES string of the molecule is O=C(CCC1CCCN(Cc2cnc(N3CCOCC3)s2)C1)Nc1ccccc1F. The summed E-state index contributed by atoms with van der Waals surface area (Å²) < 4.78 is 19.1. The number of amides is 1. The monoisotopic (exact) mass is 432 g/mol. The van der Waals surface area contributed by atoms with Gasteiger partial charge >= 0.3 is 0 Å². The van der Waals surface area contributed by atoms with Crippen LogP contribution in [0, 0.1) is 11.7 Å². The van der Waals surface area contributed by atoms with Crippen LogP contribution in [0.4, 0.5) is 15.2 Å². The molecule has 1 N–H and O–H groups in total. The van der Waals surface area contributed by atoms with E-state index in [0.29, 0.717) is 12.3 Å². The minimum atomic E-state index is -0.393. The number of likely N-dealkylation sites (tertiary alicyclic amines) is 1. The first kappa shape index (κ1) is 21.2. The predicted octanol–water partition coefficient (Wildman–Crippen LogP) is 3.75. The first-order valence-corrected chi connectivity index (χ1v) is 11.5. The van der Waals surface area contributed by atoms with E-state index in [1.807, 2.05) is 6.20 Å². The number of halogens is 1. The molecule has 0 bridgehead atoms. The summed E-state index contributed by atoms with van der Waals surface area (Å²) in [6.45, 7) is 6.36. The van der Waals surface area contributed by atoms with Gasteiger partial charge in [0.2, 0.25) is 5.91 Å². The van der Waals surface area contributed by atoms with Crippen LogP contribution in [0.15, 0.2) is 30.5 Å². The van der Waals surface area contributed by atoms with Crippen molar-refractivity contribution in [3.8, 4) is 0 Å². The third-order valence-electron chi connectivity index (χ3n) is 5.73. The number of benzene rings is 1. The number of nitrogens with zero attached hydrogens (tertiary/aromatic N) is 3. The van der Waals surface area contributed by atoms with Crippen molar-refractivity contribution < 1.29 is 13.9 Å². The fourth-order valence-electron chi connectivity index (χ4n) is 4.13. The van der Waals surface area contributed by atoms with Gasteiger partial charge in [-0.2, -0.15) is 0 Å². The number of piperidine rings is 1. The molecule has 4 rings (SSSR count). The van der Waals surface area contributed by atoms with Crippen molar-refractivity contribution in [1.29, 1.82) is 0 Å². The lowest BCUT2D eigenvalue weighted by Crippen LogP contribution is -2.36. The quantitative estimate of drug-likeness (QED) is 0.722. The molecule has 162 valence electrons. The Morgan fingerprint density at radius 1 is 1.27 bits per heavy atom. The lowest BCUT2D eigenvalue weighted by atomic mass is 9.93. The number of carbonyl (C=O) groups excluding carboxylic acids is 1. The van der Waals surface area contributed by atoms with Gasteiger partial charge < -0.3 is 15.0 Å². The van der Waals surface area contributed by atoms with E-state index in [1.165, 1.54) is 10.9 Å². The predicted molar refractivity (Wildman–Crippen MR) is 117 cm³/mol. The lowest BCUT2D eigenvalue weighted by Gasteiger charge is -2.32. The number of ether oxygens (including phenoxy) is 1. The maximum atomic E-state index is 13.7. The van der Waals surface area contributed by atoms with Gasteiger partial charge in [-0.1, -0.05) is 12.1 Å². The van der Waals surface area contributed by atoms with E-state index >= 15 is 0 Å². The molecule has 0 radical (unpaired) electrons. The van der Waals surface area contributed by atoms with E-state index in [1.54, 1.807) is 29.5 Å². The van der Waals surface area contributed by atoms with Crippen LogP contribution in [0.5, 0.6) is 0 Å². The second kappa shape index (κ2) is 10.3. The summed E-state index contributed by atoms with van der Waals surface area (Å²) in [5.74, 6) is -0.0118. The molecular formula is C22H29FN4O2S. The molecule has 1 amide bonds. The molecule has 30 heavy (non-hydrogen) atoms. The van der Waals surface area contributed by atoms with Crippen molar-refractivity contribution in [1.82, 2.24) is 9.88 Å². The zero-order valence-electron chi connectivity index (χ0n) is 17.2. The second-order valence-electron chi connectivity index (χ2n) is 8.02. The molecule has 1 atom stereocenters. The van der Waals surface area contributed by atoms with Gasteiger partial charge in [0.1, 0.15) is 5.82 Å². The van der Waals surface area contributed by atoms with Gasteiger partial charge in [-0.3, -0.25) is 9.69 Å². The van der Waals surface area contributed by atoms with Gasteiger partial charge in [0.25, 0.3) is 0 Å². The molecule has 2 aromatic rings. The van der Waals surface area contributed by atoms with Crippen LogP contribution < -0.4 is 10.2 Å². The second-order valence-corrected chi connectivity index (χ2v) is 9.11. The Kier molecular flexibility index (Phi) is 7.30. The van der Waals surface area contributed by atoms with Crippen LogP contribution in [0.2, 0.25) is 0 Å². The van der Waals surface area contributed by atoms with Crippen LogP contribution in [-0.4, -0.2) is 55.2 Å². The van der Waals surface area contributed by atoms with Gasteiger partial charge in [0.15, 0.2) is 5.13 Å². The zero-order valence-corrected chi connectivity index (χ0v) is 18.0. The van der Waals surface area contributed by atoms with Gasteiger partial charge in [-0.05, 0) is 43.9 Å². The number of nitrogens with one attached hydrogen (secondary N) is 1. The lowest BCUT2D eigenvalue weighted by molar-refractivity contribution is -0.116. The van der Waals surface area contributed by atoms with Crippen molar-refractivity contribution in [2.24, 2.45) is 5.92 Å². The fraction of sp³-hybridized carbons (Fsp3) is 0.545.